The molecule has 166 valence electrons. The van der Waals surface area contributed by atoms with Gasteiger partial charge >= 0.3 is 11.9 Å². The van der Waals surface area contributed by atoms with E-state index in [-0.39, 0.29) is 31.5 Å². The summed E-state index contributed by atoms with van der Waals surface area (Å²) < 4.78 is 10.8. The monoisotopic (exact) mass is 418 g/mol. The minimum Gasteiger partial charge on any atom is -0.465 e. The molecule has 0 aromatic heterocycles. The van der Waals surface area contributed by atoms with E-state index in [1.165, 1.54) is 6.92 Å². The molecule has 4 atom stereocenters. The van der Waals surface area contributed by atoms with Gasteiger partial charge in [0.1, 0.15) is 5.92 Å². The van der Waals surface area contributed by atoms with Gasteiger partial charge in [-0.2, -0.15) is 0 Å². The highest BCUT2D eigenvalue weighted by Gasteiger charge is 2.57. The van der Waals surface area contributed by atoms with Crippen molar-refractivity contribution in [2.75, 3.05) is 13.2 Å². The lowest BCUT2D eigenvalue weighted by Crippen LogP contribution is -2.55. The number of ketones is 1. The van der Waals surface area contributed by atoms with E-state index in [9.17, 15) is 19.5 Å². The van der Waals surface area contributed by atoms with Gasteiger partial charge in [-0.05, 0) is 31.2 Å². The average Bonchev–Trinajstić information content (AvgIpc) is 2.63. The van der Waals surface area contributed by atoms with Crippen molar-refractivity contribution in [2.45, 2.75) is 59.5 Å². The molecule has 0 saturated heterocycles. The van der Waals surface area contributed by atoms with Gasteiger partial charge < -0.3 is 14.6 Å². The normalized spacial score (nSPS) is 26.7. The van der Waals surface area contributed by atoms with Crippen molar-refractivity contribution in [2.24, 2.45) is 23.7 Å². The standard InChI is InChI=1S/C24H34O6/c1-14(2)12-29-22(26)20-18(25)11-24(6,28)21(23(27)30-13-15(3)4)19(20)17-9-7-16(5)8-10-17/h7-10,14-15,19-21,28H,11-13H2,1-6H3/t19-,20-,21+,24+/m1/s1. The quantitative estimate of drug-likeness (QED) is 0.539. The lowest BCUT2D eigenvalue weighted by atomic mass is 9.61. The van der Waals surface area contributed by atoms with Crippen LogP contribution in [-0.4, -0.2) is 41.6 Å². The van der Waals surface area contributed by atoms with Crippen molar-refractivity contribution in [3.8, 4) is 0 Å². The Balaban J connectivity index is 2.51. The van der Waals surface area contributed by atoms with Gasteiger partial charge in [-0.3, -0.25) is 14.4 Å². The van der Waals surface area contributed by atoms with E-state index in [0.29, 0.717) is 5.56 Å². The number of aryl methyl sites for hydroxylation is 1. The molecule has 0 radical (unpaired) electrons. The average molecular weight is 419 g/mol. The Labute approximate surface area is 179 Å². The predicted molar refractivity (Wildman–Crippen MR) is 113 cm³/mol. The fourth-order valence-electron chi connectivity index (χ4n) is 3.88. The summed E-state index contributed by atoms with van der Waals surface area (Å²) in [4.78, 5) is 39.0. The van der Waals surface area contributed by atoms with Crippen LogP contribution in [-0.2, 0) is 23.9 Å². The number of rotatable bonds is 7. The van der Waals surface area contributed by atoms with E-state index in [1.54, 1.807) is 12.1 Å². The van der Waals surface area contributed by atoms with E-state index in [2.05, 4.69) is 0 Å². The van der Waals surface area contributed by atoms with Gasteiger partial charge in [0, 0.05) is 12.3 Å². The first-order valence-electron chi connectivity index (χ1n) is 10.6. The Bertz CT molecular complexity index is 762. The summed E-state index contributed by atoms with van der Waals surface area (Å²) in [7, 11) is 0. The summed E-state index contributed by atoms with van der Waals surface area (Å²) in [6.07, 6.45) is -0.307. The SMILES string of the molecule is Cc1ccc([C@@H]2[C@H](C(=O)OCC(C)C)C(=O)C[C@](C)(O)[C@@H]2C(=O)OCC(C)C)cc1. The minimum atomic E-state index is -1.63. The Morgan fingerprint density at radius 3 is 2.03 bits per heavy atom. The number of Topliss-reactive ketones (excluding diaryl/α,β-unsaturated/α-hetero) is 1. The summed E-state index contributed by atoms with van der Waals surface area (Å²) in [5.74, 6) is -4.54. The number of hydrogen-bond acceptors (Lipinski definition) is 6. The summed E-state index contributed by atoms with van der Waals surface area (Å²) >= 11 is 0. The second-order valence-electron chi connectivity index (χ2n) is 9.44. The first-order valence-corrected chi connectivity index (χ1v) is 10.6. The summed E-state index contributed by atoms with van der Waals surface area (Å²) in [5, 5.41) is 11.1. The third kappa shape index (κ3) is 5.69. The molecule has 0 heterocycles. The van der Waals surface area contributed by atoms with E-state index < -0.39 is 41.1 Å². The zero-order chi connectivity index (χ0) is 22.6. The van der Waals surface area contributed by atoms with Crippen molar-refractivity contribution < 1.29 is 29.0 Å². The largest absolute Gasteiger partial charge is 0.465 e. The molecular formula is C24H34O6. The molecule has 0 aliphatic heterocycles. The first-order chi connectivity index (χ1) is 13.9. The maximum atomic E-state index is 13.1. The van der Waals surface area contributed by atoms with Crippen LogP contribution in [0.5, 0.6) is 0 Å². The highest BCUT2D eigenvalue weighted by Crippen LogP contribution is 2.46. The Hall–Kier alpha value is -2.21. The van der Waals surface area contributed by atoms with Gasteiger partial charge in [0.2, 0.25) is 0 Å². The zero-order valence-corrected chi connectivity index (χ0v) is 18.8. The van der Waals surface area contributed by atoms with Crippen molar-refractivity contribution in [3.63, 3.8) is 0 Å². The number of aliphatic hydroxyl groups is 1. The molecule has 0 bridgehead atoms. The fourth-order valence-corrected chi connectivity index (χ4v) is 3.88. The minimum absolute atomic E-state index is 0.111. The molecule has 6 heteroatoms. The molecule has 1 fully saturated rings. The van der Waals surface area contributed by atoms with Crippen molar-refractivity contribution in [1.29, 1.82) is 0 Å². The van der Waals surface area contributed by atoms with Crippen molar-refractivity contribution in [3.05, 3.63) is 35.4 Å². The van der Waals surface area contributed by atoms with E-state index in [1.807, 2.05) is 46.8 Å². The molecule has 30 heavy (non-hydrogen) atoms. The number of hydrogen-bond donors (Lipinski definition) is 1. The van der Waals surface area contributed by atoms with E-state index >= 15 is 0 Å². The number of esters is 2. The summed E-state index contributed by atoms with van der Waals surface area (Å²) in [5.41, 5.74) is 0.00708. The van der Waals surface area contributed by atoms with Crippen LogP contribution in [0.1, 0.15) is 58.1 Å². The van der Waals surface area contributed by atoms with Crippen LogP contribution in [0.25, 0.3) is 0 Å². The van der Waals surface area contributed by atoms with Crippen LogP contribution >= 0.6 is 0 Å². The molecule has 1 aromatic carbocycles. The third-order valence-corrected chi connectivity index (χ3v) is 5.36. The smallest absolute Gasteiger partial charge is 0.317 e. The second kappa shape index (κ2) is 9.73. The molecular weight excluding hydrogens is 384 g/mol. The first kappa shape index (κ1) is 24.1. The summed E-state index contributed by atoms with van der Waals surface area (Å²) in [6.45, 7) is 11.4. The number of ether oxygens (including phenoxy) is 2. The number of benzene rings is 1. The Kier molecular flexibility index (Phi) is 7.81. The van der Waals surface area contributed by atoms with E-state index in [4.69, 9.17) is 9.47 Å². The highest BCUT2D eigenvalue weighted by atomic mass is 16.5. The lowest BCUT2D eigenvalue weighted by molar-refractivity contribution is -0.173. The molecule has 1 aliphatic carbocycles. The van der Waals surface area contributed by atoms with Crippen molar-refractivity contribution >= 4 is 17.7 Å². The summed E-state index contributed by atoms with van der Waals surface area (Å²) in [6, 6.07) is 7.30. The Morgan fingerprint density at radius 2 is 1.53 bits per heavy atom. The number of carbonyl (C=O) groups is 3. The lowest BCUT2D eigenvalue weighted by Gasteiger charge is -2.43. The molecule has 1 saturated carbocycles. The van der Waals surface area contributed by atoms with Crippen LogP contribution in [0.3, 0.4) is 0 Å². The molecule has 0 amide bonds. The van der Waals surface area contributed by atoms with Gasteiger partial charge in [0.05, 0.1) is 24.7 Å². The van der Waals surface area contributed by atoms with Gasteiger partial charge in [-0.1, -0.05) is 57.5 Å². The van der Waals surface area contributed by atoms with Gasteiger partial charge in [-0.15, -0.1) is 0 Å². The molecule has 6 nitrogen and oxygen atoms in total. The van der Waals surface area contributed by atoms with E-state index in [0.717, 1.165) is 5.56 Å². The van der Waals surface area contributed by atoms with Crippen LogP contribution in [0.4, 0.5) is 0 Å². The second-order valence-corrected chi connectivity index (χ2v) is 9.44. The van der Waals surface area contributed by atoms with Crippen LogP contribution in [0.2, 0.25) is 0 Å². The molecule has 0 spiro atoms. The van der Waals surface area contributed by atoms with Gasteiger partial charge in [0.15, 0.2) is 5.78 Å². The van der Waals surface area contributed by atoms with Crippen LogP contribution in [0, 0.1) is 30.6 Å². The number of carbonyl (C=O) groups excluding carboxylic acids is 3. The molecule has 2 rings (SSSR count). The maximum absolute atomic E-state index is 13.1. The zero-order valence-electron chi connectivity index (χ0n) is 18.8. The van der Waals surface area contributed by atoms with Crippen molar-refractivity contribution in [1.82, 2.24) is 0 Å². The van der Waals surface area contributed by atoms with Gasteiger partial charge in [0.25, 0.3) is 0 Å². The highest BCUT2D eigenvalue weighted by molar-refractivity contribution is 6.02. The molecule has 0 unspecified atom stereocenters. The fraction of sp³-hybridized carbons (Fsp3) is 0.625. The molecule has 1 aromatic rings. The molecule has 1 aliphatic rings. The third-order valence-electron chi connectivity index (χ3n) is 5.36. The van der Waals surface area contributed by atoms with Crippen LogP contribution in [0.15, 0.2) is 24.3 Å². The maximum Gasteiger partial charge on any atom is 0.317 e. The topological polar surface area (TPSA) is 89.9 Å². The molecule has 1 N–H and O–H groups in total. The predicted octanol–water partition coefficient (Wildman–Crippen LogP) is 3.43. The van der Waals surface area contributed by atoms with Crippen LogP contribution < -0.4 is 0 Å². The Morgan fingerprint density at radius 1 is 1.03 bits per heavy atom. The van der Waals surface area contributed by atoms with Gasteiger partial charge in [-0.25, -0.2) is 0 Å².